The van der Waals surface area contributed by atoms with Crippen LogP contribution in [0.5, 0.6) is 34.5 Å². The number of phenols is 4. The van der Waals surface area contributed by atoms with E-state index in [2.05, 4.69) is 107 Å². The molecule has 0 atom stereocenters. The first kappa shape index (κ1) is 68.4. The van der Waals surface area contributed by atoms with Crippen molar-refractivity contribution >= 4 is 23.5 Å². The van der Waals surface area contributed by atoms with Crippen molar-refractivity contribution < 1.29 is 47.1 Å². The Balaban J connectivity index is 0.000000414. The molecule has 0 unspecified atom stereocenters. The van der Waals surface area contributed by atoms with Gasteiger partial charge in [-0.15, -0.1) is 11.5 Å². The smallest absolute Gasteiger partial charge is 0.872 e. The van der Waals surface area contributed by atoms with Gasteiger partial charge in [0.05, 0.1) is 19.6 Å². The van der Waals surface area contributed by atoms with Crippen LogP contribution in [0.15, 0.2) is 153 Å². The van der Waals surface area contributed by atoms with E-state index >= 15 is 0 Å². The van der Waals surface area contributed by atoms with Gasteiger partial charge < -0.3 is 30.6 Å². The molecule has 0 saturated carbocycles. The summed E-state index contributed by atoms with van der Waals surface area (Å²) in [7, 11) is 0. The summed E-state index contributed by atoms with van der Waals surface area (Å²) in [5.74, 6) is 1.22. The SMILES string of the molecule is CCCCCC(C)(C)c1ccc(O)c(Sc2cc(C(C)(C)CCCCC)ccc2O)c1.CCCCCC(C)(C)c1ccc(O)c(Sc2cc(C(C)(C)CCCCC)ccc2O)c1.[Ni+2].[O-]c1ccccc1.[O-]c1ccccc1. The number of aromatic hydroxyl groups is 4. The van der Waals surface area contributed by atoms with Crippen molar-refractivity contribution in [3.8, 4) is 34.5 Å². The number of rotatable bonds is 24. The van der Waals surface area contributed by atoms with Gasteiger partial charge in [0.15, 0.2) is 0 Å². The fourth-order valence-corrected chi connectivity index (χ4v) is 10.9. The van der Waals surface area contributed by atoms with Crippen molar-refractivity contribution in [2.24, 2.45) is 0 Å². The summed E-state index contributed by atoms with van der Waals surface area (Å²) in [4.78, 5) is 3.21. The molecule has 0 saturated heterocycles. The van der Waals surface area contributed by atoms with Gasteiger partial charge in [0.1, 0.15) is 23.0 Å². The molecular formula is C68H94NiO6S2. The first-order valence-electron chi connectivity index (χ1n) is 28.1. The molecule has 6 rings (SSSR count). The standard InChI is InChI=1S/2C28H42O2S.2C6H6O.Ni/c2*1-7-9-11-17-27(3,4)21-13-15-23(29)25(19-21)31-26-20-22(14-16-24(26)30)28(5,6)18-12-10-8-2;2*7-6-4-2-1-3-5-6;/h2*13-16,19-20,29-30H,7-12,17-18H2,1-6H3;2*1-5,7H;/q;;;;+2/p-2. The summed E-state index contributed by atoms with van der Waals surface area (Å²) in [6, 6.07) is 40.4. The molecule has 0 spiro atoms. The predicted molar refractivity (Wildman–Crippen MR) is 321 cm³/mol. The van der Waals surface area contributed by atoms with Crippen molar-refractivity contribution in [1.82, 2.24) is 0 Å². The Morgan fingerprint density at radius 2 is 0.532 bits per heavy atom. The fraction of sp³-hybridized carbons (Fsp3) is 0.471. The van der Waals surface area contributed by atoms with Crippen molar-refractivity contribution in [2.45, 2.75) is 227 Å². The molecule has 0 bridgehead atoms. The van der Waals surface area contributed by atoms with Crippen LogP contribution in [0.2, 0.25) is 0 Å². The first-order chi connectivity index (χ1) is 36.0. The summed E-state index contributed by atoms with van der Waals surface area (Å²) in [6.45, 7) is 27.1. The Morgan fingerprint density at radius 1 is 0.325 bits per heavy atom. The average Bonchev–Trinajstić information content (AvgIpc) is 3.37. The Kier molecular flexibility index (Phi) is 30.5. The van der Waals surface area contributed by atoms with E-state index in [1.807, 2.05) is 36.4 Å². The van der Waals surface area contributed by atoms with Crippen LogP contribution in [0.3, 0.4) is 0 Å². The number of unbranched alkanes of at least 4 members (excludes halogenated alkanes) is 8. The fourth-order valence-electron chi connectivity index (χ4n) is 8.99. The van der Waals surface area contributed by atoms with Crippen LogP contribution in [0.1, 0.15) is 208 Å². The summed E-state index contributed by atoms with van der Waals surface area (Å²) >= 11 is 2.92. The van der Waals surface area contributed by atoms with Gasteiger partial charge in [0.2, 0.25) is 0 Å². The van der Waals surface area contributed by atoms with Crippen molar-refractivity contribution in [3.63, 3.8) is 0 Å². The molecule has 6 aromatic rings. The van der Waals surface area contributed by atoms with Crippen LogP contribution in [0.25, 0.3) is 0 Å². The molecule has 9 heteroatoms. The van der Waals surface area contributed by atoms with E-state index in [-0.39, 0.29) is 72.6 Å². The Labute approximate surface area is 484 Å². The normalized spacial score (nSPS) is 11.5. The summed E-state index contributed by atoms with van der Waals surface area (Å²) in [5, 5.41) is 62.7. The quantitative estimate of drug-likeness (QED) is 0.0349. The Hall–Kier alpha value is -4.69. The van der Waals surface area contributed by atoms with E-state index in [4.69, 9.17) is 0 Å². The van der Waals surface area contributed by atoms with Gasteiger partial charge in [-0.1, -0.05) is 269 Å². The van der Waals surface area contributed by atoms with Crippen LogP contribution < -0.4 is 10.2 Å². The Bertz CT molecular complexity index is 2260. The van der Waals surface area contributed by atoms with Crippen LogP contribution >= 0.6 is 23.5 Å². The van der Waals surface area contributed by atoms with Gasteiger partial charge in [0, 0.05) is 0 Å². The molecule has 4 N–H and O–H groups in total. The largest absolute Gasteiger partial charge is 2.00 e. The van der Waals surface area contributed by atoms with Gasteiger partial charge in [-0.2, -0.15) is 0 Å². The molecule has 424 valence electrons. The van der Waals surface area contributed by atoms with E-state index in [9.17, 15) is 30.6 Å². The van der Waals surface area contributed by atoms with Gasteiger partial charge in [-0.05, 0) is 118 Å². The van der Waals surface area contributed by atoms with E-state index in [1.54, 1.807) is 48.5 Å². The van der Waals surface area contributed by atoms with Gasteiger partial charge in [0.25, 0.3) is 0 Å². The zero-order chi connectivity index (χ0) is 56.4. The minimum absolute atomic E-state index is 0. The second-order valence-electron chi connectivity index (χ2n) is 22.9. The molecule has 77 heavy (non-hydrogen) atoms. The van der Waals surface area contributed by atoms with Crippen LogP contribution in [-0.2, 0) is 38.2 Å². The second kappa shape index (κ2) is 34.3. The van der Waals surface area contributed by atoms with Gasteiger partial charge in [-0.25, -0.2) is 0 Å². The summed E-state index contributed by atoms with van der Waals surface area (Å²) in [5.41, 5.74) is 5.18. The van der Waals surface area contributed by atoms with Gasteiger partial charge in [-0.3, -0.25) is 0 Å². The summed E-state index contributed by atoms with van der Waals surface area (Å²) in [6.07, 6.45) is 19.2. The van der Waals surface area contributed by atoms with Crippen molar-refractivity contribution in [1.29, 1.82) is 0 Å². The van der Waals surface area contributed by atoms with E-state index in [0.717, 1.165) is 45.3 Å². The van der Waals surface area contributed by atoms with Crippen LogP contribution in [0.4, 0.5) is 0 Å². The number of para-hydroxylation sites is 2. The zero-order valence-electron chi connectivity index (χ0n) is 48.8. The zero-order valence-corrected chi connectivity index (χ0v) is 51.4. The molecule has 0 aromatic heterocycles. The average molecular weight is 1130 g/mol. The molecule has 6 aromatic carbocycles. The van der Waals surface area contributed by atoms with Crippen LogP contribution in [0, 0.1) is 0 Å². The molecule has 0 radical (unpaired) electrons. The number of hydrogen-bond donors (Lipinski definition) is 4. The monoisotopic (exact) mass is 1130 g/mol. The topological polar surface area (TPSA) is 127 Å². The first-order valence-corrected chi connectivity index (χ1v) is 29.8. The maximum atomic E-state index is 10.5. The third-order valence-corrected chi connectivity index (χ3v) is 16.7. The Morgan fingerprint density at radius 3 is 0.701 bits per heavy atom. The predicted octanol–water partition coefficient (Wildman–Crippen LogP) is 19.4. The maximum absolute atomic E-state index is 10.5. The molecule has 6 nitrogen and oxygen atoms in total. The molecule has 0 amide bonds. The minimum atomic E-state index is 0. The van der Waals surface area contributed by atoms with E-state index < -0.39 is 0 Å². The maximum Gasteiger partial charge on any atom is 2.00 e. The number of hydrogen-bond acceptors (Lipinski definition) is 8. The summed E-state index contributed by atoms with van der Waals surface area (Å²) < 4.78 is 0. The molecule has 0 heterocycles. The van der Waals surface area contributed by atoms with E-state index in [1.165, 1.54) is 147 Å². The molecule has 0 fully saturated rings. The molecule has 0 aliphatic carbocycles. The van der Waals surface area contributed by atoms with Crippen LogP contribution in [-0.4, -0.2) is 20.4 Å². The molecule has 0 aliphatic rings. The van der Waals surface area contributed by atoms with E-state index in [0.29, 0.717) is 0 Å². The molecule has 0 aliphatic heterocycles. The second-order valence-corrected chi connectivity index (χ2v) is 25.1. The molecular weight excluding hydrogens is 1040 g/mol. The number of phenolic OH excluding ortho intramolecular Hbond substituents is 4. The third kappa shape index (κ3) is 24.1. The third-order valence-electron chi connectivity index (χ3n) is 14.5. The van der Waals surface area contributed by atoms with Crippen molar-refractivity contribution in [3.05, 3.63) is 156 Å². The minimum Gasteiger partial charge on any atom is -0.872 e. The van der Waals surface area contributed by atoms with Crippen molar-refractivity contribution in [2.75, 3.05) is 0 Å². The van der Waals surface area contributed by atoms with Gasteiger partial charge >= 0.3 is 16.5 Å². The number of benzene rings is 6.